The highest BCUT2D eigenvalue weighted by molar-refractivity contribution is 6.29. The molecule has 0 aliphatic carbocycles. The normalized spacial score (nSPS) is 10.5. The van der Waals surface area contributed by atoms with Gasteiger partial charge in [0.15, 0.2) is 0 Å². The first-order valence-electron chi connectivity index (χ1n) is 3.58. The van der Waals surface area contributed by atoms with Crippen LogP contribution in [-0.4, -0.2) is 16.6 Å². The van der Waals surface area contributed by atoms with Gasteiger partial charge in [-0.15, -0.1) is 0 Å². The Bertz CT molecular complexity index is 276. The summed E-state index contributed by atoms with van der Waals surface area (Å²) in [6.07, 6.45) is 4.73. The fourth-order valence-corrected chi connectivity index (χ4v) is 0.808. The molecule has 1 heterocycles. The van der Waals surface area contributed by atoms with Gasteiger partial charge in [0.2, 0.25) is 0 Å². The maximum atomic E-state index is 5.63. The zero-order valence-electron chi connectivity index (χ0n) is 6.70. The summed E-state index contributed by atoms with van der Waals surface area (Å²) in [5.74, 6) is 0. The van der Waals surface area contributed by atoms with Gasteiger partial charge in [-0.2, -0.15) is 0 Å². The van der Waals surface area contributed by atoms with Crippen LogP contribution in [0.25, 0.3) is 6.08 Å². The quantitative estimate of drug-likeness (QED) is 0.533. The molecule has 0 N–H and O–H groups in total. The molecule has 0 aliphatic rings. The number of hydrogen-bond acceptors (Lipinski definition) is 3. The van der Waals surface area contributed by atoms with Crippen molar-refractivity contribution in [1.82, 2.24) is 9.97 Å². The molecule has 0 radical (unpaired) electrons. The second-order valence-corrected chi connectivity index (χ2v) is 2.41. The van der Waals surface area contributed by atoms with E-state index >= 15 is 0 Å². The zero-order valence-corrected chi connectivity index (χ0v) is 7.45. The fourth-order valence-electron chi connectivity index (χ4n) is 0.652. The highest BCUT2D eigenvalue weighted by atomic mass is 35.5. The molecule has 0 aromatic carbocycles. The van der Waals surface area contributed by atoms with Gasteiger partial charge < -0.3 is 4.74 Å². The van der Waals surface area contributed by atoms with Crippen molar-refractivity contribution in [3.8, 4) is 0 Å². The predicted molar refractivity (Wildman–Crippen MR) is 47.7 cm³/mol. The van der Waals surface area contributed by atoms with Crippen LogP contribution in [0, 0.1) is 0 Å². The number of hydrogen-bond donors (Lipinski definition) is 0. The predicted octanol–water partition coefficient (Wildman–Crippen LogP) is 2.14. The maximum absolute atomic E-state index is 5.63. The van der Waals surface area contributed by atoms with E-state index in [2.05, 4.69) is 9.97 Å². The second-order valence-electron chi connectivity index (χ2n) is 2.02. The van der Waals surface area contributed by atoms with Crippen molar-refractivity contribution in [2.75, 3.05) is 6.61 Å². The van der Waals surface area contributed by atoms with E-state index in [1.165, 1.54) is 6.33 Å². The molecular weight excluding hydrogens is 176 g/mol. The molecule has 0 unspecified atom stereocenters. The number of ether oxygens (including phenoxy) is 1. The average Bonchev–Trinajstić information content (AvgIpc) is 2.05. The summed E-state index contributed by atoms with van der Waals surface area (Å²) >= 11 is 5.63. The third-order valence-corrected chi connectivity index (χ3v) is 1.36. The van der Waals surface area contributed by atoms with E-state index in [4.69, 9.17) is 16.3 Å². The minimum absolute atomic E-state index is 0.432. The molecule has 0 saturated carbocycles. The van der Waals surface area contributed by atoms with E-state index in [9.17, 15) is 0 Å². The van der Waals surface area contributed by atoms with Crippen LogP contribution in [-0.2, 0) is 4.74 Å². The number of aromatic nitrogens is 2. The Hall–Kier alpha value is -1.09. The Balaban J connectivity index is 2.63. The second kappa shape index (κ2) is 4.72. The number of nitrogens with zero attached hydrogens (tertiary/aromatic N) is 2. The van der Waals surface area contributed by atoms with Crippen LogP contribution in [0.3, 0.4) is 0 Å². The van der Waals surface area contributed by atoms with E-state index in [1.807, 2.05) is 6.92 Å². The first kappa shape index (κ1) is 9.00. The van der Waals surface area contributed by atoms with Crippen LogP contribution in [0.15, 0.2) is 18.7 Å². The van der Waals surface area contributed by atoms with Crippen molar-refractivity contribution >= 4 is 17.7 Å². The lowest BCUT2D eigenvalue weighted by molar-refractivity contribution is 0.272. The largest absolute Gasteiger partial charge is 0.501 e. The van der Waals surface area contributed by atoms with Crippen LogP contribution < -0.4 is 0 Å². The lowest BCUT2D eigenvalue weighted by Crippen LogP contribution is -1.83. The van der Waals surface area contributed by atoms with Crippen molar-refractivity contribution in [3.05, 3.63) is 29.5 Å². The Labute approximate surface area is 76.1 Å². The molecule has 4 heteroatoms. The molecule has 64 valence electrons. The molecular formula is C8H9ClN2O. The summed E-state index contributed by atoms with van der Waals surface area (Å²) in [4.78, 5) is 7.70. The van der Waals surface area contributed by atoms with Gasteiger partial charge in [-0.1, -0.05) is 11.6 Å². The molecule has 1 aromatic rings. The Morgan fingerprint density at radius 1 is 1.58 bits per heavy atom. The maximum Gasteiger partial charge on any atom is 0.133 e. The lowest BCUT2D eigenvalue weighted by Gasteiger charge is -1.93. The van der Waals surface area contributed by atoms with Gasteiger partial charge in [-0.05, 0) is 13.0 Å². The number of rotatable bonds is 3. The molecule has 0 amide bonds. The minimum atomic E-state index is 0.432. The summed E-state index contributed by atoms with van der Waals surface area (Å²) < 4.78 is 4.99. The molecule has 1 aromatic heterocycles. The molecule has 12 heavy (non-hydrogen) atoms. The van der Waals surface area contributed by atoms with Crippen LogP contribution in [0.5, 0.6) is 0 Å². The van der Waals surface area contributed by atoms with Gasteiger partial charge in [0.25, 0.3) is 0 Å². The van der Waals surface area contributed by atoms with Gasteiger partial charge in [0.1, 0.15) is 11.5 Å². The van der Waals surface area contributed by atoms with Crippen LogP contribution in [0.2, 0.25) is 5.15 Å². The van der Waals surface area contributed by atoms with Crippen LogP contribution >= 0.6 is 11.6 Å². The Morgan fingerprint density at radius 2 is 2.42 bits per heavy atom. The molecule has 0 bridgehead atoms. The Morgan fingerprint density at radius 3 is 3.08 bits per heavy atom. The monoisotopic (exact) mass is 184 g/mol. The summed E-state index contributed by atoms with van der Waals surface area (Å²) in [6, 6.07) is 1.66. The average molecular weight is 185 g/mol. The molecule has 0 aliphatic heterocycles. The zero-order chi connectivity index (χ0) is 8.81. The van der Waals surface area contributed by atoms with E-state index in [0.29, 0.717) is 11.8 Å². The molecule has 0 saturated heterocycles. The van der Waals surface area contributed by atoms with E-state index < -0.39 is 0 Å². The molecule has 1 rings (SSSR count). The van der Waals surface area contributed by atoms with Gasteiger partial charge in [0, 0.05) is 6.07 Å². The van der Waals surface area contributed by atoms with Crippen LogP contribution in [0.1, 0.15) is 12.6 Å². The third-order valence-electron chi connectivity index (χ3n) is 1.16. The highest BCUT2D eigenvalue weighted by Crippen LogP contribution is 2.05. The van der Waals surface area contributed by atoms with Gasteiger partial charge in [0.05, 0.1) is 18.6 Å². The van der Waals surface area contributed by atoms with Crippen molar-refractivity contribution in [2.45, 2.75) is 6.92 Å². The first-order valence-corrected chi connectivity index (χ1v) is 3.96. The standard InChI is InChI=1S/C8H9ClN2O/c1-2-12-4-3-7-5-8(9)11-6-10-7/h3-6H,2H2,1H3/b4-3+. The van der Waals surface area contributed by atoms with E-state index in [-0.39, 0.29) is 0 Å². The summed E-state index contributed by atoms with van der Waals surface area (Å²) in [6.45, 7) is 2.56. The van der Waals surface area contributed by atoms with Gasteiger partial charge in [-0.3, -0.25) is 0 Å². The Kier molecular flexibility index (Phi) is 3.54. The topological polar surface area (TPSA) is 35.0 Å². The fraction of sp³-hybridized carbons (Fsp3) is 0.250. The summed E-state index contributed by atoms with van der Waals surface area (Å²) in [5.41, 5.74) is 0.739. The SMILES string of the molecule is CCO/C=C/c1cc(Cl)ncn1. The molecule has 0 spiro atoms. The first-order chi connectivity index (χ1) is 5.83. The third kappa shape index (κ3) is 2.88. The smallest absolute Gasteiger partial charge is 0.133 e. The number of halogens is 1. The van der Waals surface area contributed by atoms with Crippen LogP contribution in [0.4, 0.5) is 0 Å². The van der Waals surface area contributed by atoms with Gasteiger partial charge in [-0.25, -0.2) is 9.97 Å². The molecule has 0 atom stereocenters. The molecule has 3 nitrogen and oxygen atoms in total. The highest BCUT2D eigenvalue weighted by Gasteiger charge is 1.90. The van der Waals surface area contributed by atoms with Gasteiger partial charge >= 0.3 is 0 Å². The summed E-state index contributed by atoms with van der Waals surface area (Å²) in [7, 11) is 0. The van der Waals surface area contributed by atoms with Crippen molar-refractivity contribution in [1.29, 1.82) is 0 Å². The summed E-state index contributed by atoms with van der Waals surface area (Å²) in [5, 5.41) is 0.432. The van der Waals surface area contributed by atoms with Crippen molar-refractivity contribution in [3.63, 3.8) is 0 Å². The van der Waals surface area contributed by atoms with Crippen molar-refractivity contribution < 1.29 is 4.74 Å². The molecule has 0 fully saturated rings. The van der Waals surface area contributed by atoms with E-state index in [0.717, 1.165) is 5.69 Å². The lowest BCUT2D eigenvalue weighted by atomic mass is 10.4. The van der Waals surface area contributed by atoms with Crippen molar-refractivity contribution in [2.24, 2.45) is 0 Å². The van der Waals surface area contributed by atoms with E-state index in [1.54, 1.807) is 18.4 Å². The minimum Gasteiger partial charge on any atom is -0.501 e.